The highest BCUT2D eigenvalue weighted by Gasteiger charge is 2.34. The fraction of sp³-hybridized carbons (Fsp3) is 0.350. The number of nitrogens with one attached hydrogen (secondary N) is 2. The molecule has 0 spiro atoms. The molecule has 0 fully saturated rings. The smallest absolute Gasteiger partial charge is 0.459 e. The molecule has 2 heterocycles. The van der Waals surface area contributed by atoms with Crippen LogP contribution in [0.25, 0.3) is 0 Å². The van der Waals surface area contributed by atoms with Crippen molar-refractivity contribution >= 4 is 13.7 Å². The van der Waals surface area contributed by atoms with Crippen LogP contribution >= 0.6 is 7.75 Å². The summed E-state index contributed by atoms with van der Waals surface area (Å²) in [6.45, 7) is 3.11. The Hall–Kier alpha value is -2.98. The van der Waals surface area contributed by atoms with Crippen molar-refractivity contribution in [3.8, 4) is 5.75 Å². The molecule has 0 saturated carbocycles. The first-order valence-electron chi connectivity index (χ1n) is 9.88. The Morgan fingerprint density at radius 3 is 2.69 bits per heavy atom. The minimum absolute atomic E-state index is 0.168. The third-order valence-corrected chi connectivity index (χ3v) is 5.94. The molecule has 3 rings (SSSR count). The molecule has 0 amide bonds. The average Bonchev–Trinajstić information content (AvgIpc) is 3.22. The monoisotopic (exact) mass is 465 g/mol. The lowest BCUT2D eigenvalue weighted by molar-refractivity contribution is -0.144. The van der Waals surface area contributed by atoms with Crippen molar-refractivity contribution in [1.29, 1.82) is 0 Å². The highest BCUT2D eigenvalue weighted by Crippen LogP contribution is 2.45. The summed E-state index contributed by atoms with van der Waals surface area (Å²) in [5.74, 6) is -0.331. The molecule has 0 saturated heterocycles. The number of nitrogens with zero attached hydrogens (tertiary/aromatic N) is 1. The molecule has 0 aliphatic carbocycles. The maximum Gasteiger partial charge on any atom is 0.459 e. The van der Waals surface area contributed by atoms with E-state index in [2.05, 4.69) is 10.1 Å². The lowest BCUT2D eigenvalue weighted by Gasteiger charge is -2.24. The fourth-order valence-corrected chi connectivity index (χ4v) is 4.31. The molecule has 32 heavy (non-hydrogen) atoms. The first-order chi connectivity index (χ1) is 15.3. The second kappa shape index (κ2) is 10.6. The van der Waals surface area contributed by atoms with Gasteiger partial charge in [-0.3, -0.25) is 23.7 Å². The number of aromatic nitrogens is 2. The van der Waals surface area contributed by atoms with E-state index >= 15 is 0 Å². The van der Waals surface area contributed by atoms with Gasteiger partial charge in [-0.05, 0) is 32.1 Å². The number of para-hydroxylation sites is 1. The molecular formula is C20H24N3O8P. The zero-order chi connectivity index (χ0) is 23.1. The lowest BCUT2D eigenvalue weighted by Crippen LogP contribution is -2.36. The largest absolute Gasteiger partial charge is 0.465 e. The molecule has 0 bridgehead atoms. The van der Waals surface area contributed by atoms with Crippen molar-refractivity contribution in [2.45, 2.75) is 32.2 Å². The quantitative estimate of drug-likeness (QED) is 0.305. The molecule has 172 valence electrons. The summed E-state index contributed by atoms with van der Waals surface area (Å²) < 4.78 is 36.3. The molecule has 1 aliphatic heterocycles. The minimum atomic E-state index is -4.02. The topological polar surface area (TPSA) is 138 Å². The van der Waals surface area contributed by atoms with E-state index < -0.39 is 43.3 Å². The first-order valence-corrected chi connectivity index (χ1v) is 11.4. The third kappa shape index (κ3) is 6.27. The summed E-state index contributed by atoms with van der Waals surface area (Å²) in [7, 11) is -4.02. The summed E-state index contributed by atoms with van der Waals surface area (Å²) in [6.07, 6.45) is 3.11. The van der Waals surface area contributed by atoms with Gasteiger partial charge in [-0.1, -0.05) is 24.3 Å². The van der Waals surface area contributed by atoms with Crippen molar-refractivity contribution in [1.82, 2.24) is 14.6 Å². The summed E-state index contributed by atoms with van der Waals surface area (Å²) in [4.78, 5) is 37.3. The summed E-state index contributed by atoms with van der Waals surface area (Å²) >= 11 is 0. The molecule has 1 aromatic carbocycles. The van der Waals surface area contributed by atoms with Crippen LogP contribution in [0.4, 0.5) is 0 Å². The van der Waals surface area contributed by atoms with E-state index in [9.17, 15) is 18.9 Å². The van der Waals surface area contributed by atoms with E-state index in [0.717, 1.165) is 0 Å². The standard InChI is InChI=1S/C20H24N3O8P/c1-3-28-19(25)14(2)22-32(27,31-15-7-5-4-6-8-15)29-13-16-9-10-18(30-16)23-12-11-17(24)21-20(23)26/h4-12,14,16,18H,3,13H2,1-2H3,(H,22,27)(H,21,24,26)/t14-,16+,18-,32?/m1/s1. The van der Waals surface area contributed by atoms with Gasteiger partial charge in [0, 0.05) is 12.3 Å². The molecule has 0 radical (unpaired) electrons. The van der Waals surface area contributed by atoms with E-state index in [1.165, 1.54) is 23.8 Å². The molecule has 11 nitrogen and oxygen atoms in total. The number of hydrogen-bond donors (Lipinski definition) is 2. The zero-order valence-corrected chi connectivity index (χ0v) is 18.4. The Morgan fingerprint density at radius 2 is 2.00 bits per heavy atom. The minimum Gasteiger partial charge on any atom is -0.465 e. The van der Waals surface area contributed by atoms with Crippen molar-refractivity contribution in [2.75, 3.05) is 13.2 Å². The molecule has 12 heteroatoms. The van der Waals surface area contributed by atoms with Gasteiger partial charge in [-0.15, -0.1) is 0 Å². The molecule has 2 aromatic rings. The maximum absolute atomic E-state index is 13.4. The van der Waals surface area contributed by atoms with Crippen molar-refractivity contribution in [2.24, 2.45) is 0 Å². The predicted molar refractivity (Wildman–Crippen MR) is 114 cm³/mol. The van der Waals surface area contributed by atoms with Crippen LogP contribution in [0.15, 0.2) is 64.3 Å². The summed E-state index contributed by atoms with van der Waals surface area (Å²) in [5.41, 5.74) is -1.15. The van der Waals surface area contributed by atoms with Crippen LogP contribution in [-0.2, 0) is 23.4 Å². The van der Waals surface area contributed by atoms with Gasteiger partial charge >= 0.3 is 19.4 Å². The molecule has 1 aromatic heterocycles. The van der Waals surface area contributed by atoms with Gasteiger partial charge in [0.05, 0.1) is 13.2 Å². The number of esters is 1. The van der Waals surface area contributed by atoms with Crippen LogP contribution in [0.1, 0.15) is 20.1 Å². The number of aromatic amines is 1. The number of carbonyl (C=O) groups excluding carboxylic acids is 1. The number of H-pyrrole nitrogens is 1. The van der Waals surface area contributed by atoms with Gasteiger partial charge in [0.15, 0.2) is 6.23 Å². The van der Waals surface area contributed by atoms with E-state index in [1.54, 1.807) is 49.4 Å². The molecule has 1 unspecified atom stereocenters. The average molecular weight is 465 g/mol. The van der Waals surface area contributed by atoms with Gasteiger partial charge in [0.25, 0.3) is 5.56 Å². The number of rotatable bonds is 10. The van der Waals surface area contributed by atoms with Gasteiger partial charge in [-0.25, -0.2) is 9.36 Å². The second-order valence-corrected chi connectivity index (χ2v) is 8.46. The normalized spacial score (nSPS) is 20.4. The number of carbonyl (C=O) groups is 1. The highest BCUT2D eigenvalue weighted by molar-refractivity contribution is 7.52. The number of hydrogen-bond acceptors (Lipinski definition) is 8. The van der Waals surface area contributed by atoms with E-state index in [0.29, 0.717) is 0 Å². The molecule has 1 aliphatic rings. The number of benzene rings is 1. The van der Waals surface area contributed by atoms with Gasteiger partial charge in [0.1, 0.15) is 17.9 Å². The summed E-state index contributed by atoms with van der Waals surface area (Å²) in [6, 6.07) is 8.59. The molecule has 4 atom stereocenters. The SMILES string of the molecule is CCOC(=O)[C@@H](C)NP(=O)(OC[C@@H]1C=C[C@H](n2ccc(=O)[nH]c2=O)O1)Oc1ccccc1. The molecule has 2 N–H and O–H groups in total. The van der Waals surface area contributed by atoms with E-state index in [-0.39, 0.29) is 19.0 Å². The van der Waals surface area contributed by atoms with Crippen LogP contribution in [0.3, 0.4) is 0 Å². The van der Waals surface area contributed by atoms with Crippen molar-refractivity contribution in [3.63, 3.8) is 0 Å². The Balaban J connectivity index is 1.67. The maximum atomic E-state index is 13.4. The molecular weight excluding hydrogens is 441 g/mol. The van der Waals surface area contributed by atoms with Crippen LogP contribution < -0.4 is 20.9 Å². The van der Waals surface area contributed by atoms with Crippen molar-refractivity contribution in [3.05, 3.63) is 75.6 Å². The zero-order valence-electron chi connectivity index (χ0n) is 17.5. The number of ether oxygens (including phenoxy) is 2. The van der Waals surface area contributed by atoms with Crippen molar-refractivity contribution < 1.29 is 27.9 Å². The van der Waals surface area contributed by atoms with E-state index in [1.807, 2.05) is 0 Å². The van der Waals surface area contributed by atoms with Crippen LogP contribution in [0.2, 0.25) is 0 Å². The van der Waals surface area contributed by atoms with Crippen LogP contribution in [-0.4, -0.2) is 40.9 Å². The van der Waals surface area contributed by atoms with Gasteiger partial charge < -0.3 is 14.0 Å². The third-order valence-electron chi connectivity index (χ3n) is 4.30. The Bertz CT molecular complexity index is 1110. The van der Waals surface area contributed by atoms with Gasteiger partial charge in [-0.2, -0.15) is 5.09 Å². The Morgan fingerprint density at radius 1 is 1.25 bits per heavy atom. The first kappa shape index (κ1) is 23.7. The Labute approximate surface area is 183 Å². The lowest BCUT2D eigenvalue weighted by atomic mass is 10.3. The fourth-order valence-electron chi connectivity index (χ4n) is 2.81. The van der Waals surface area contributed by atoms with Crippen LogP contribution in [0, 0.1) is 0 Å². The van der Waals surface area contributed by atoms with E-state index in [4.69, 9.17) is 18.5 Å². The highest BCUT2D eigenvalue weighted by atomic mass is 31.2. The second-order valence-electron chi connectivity index (χ2n) is 6.77. The van der Waals surface area contributed by atoms with Crippen LogP contribution in [0.5, 0.6) is 5.75 Å². The summed E-state index contributed by atoms with van der Waals surface area (Å²) in [5, 5.41) is 2.57. The predicted octanol–water partition coefficient (Wildman–Crippen LogP) is 1.74. The Kier molecular flexibility index (Phi) is 7.81. The van der Waals surface area contributed by atoms with Gasteiger partial charge in [0.2, 0.25) is 0 Å².